The molecular weight excluding hydrogens is 366 g/mol. The van der Waals surface area contributed by atoms with Crippen molar-refractivity contribution in [3.63, 3.8) is 0 Å². The smallest absolute Gasteiger partial charge is 0.324 e. The molecule has 1 saturated heterocycles. The van der Waals surface area contributed by atoms with Gasteiger partial charge < -0.3 is 14.6 Å². The van der Waals surface area contributed by atoms with E-state index in [2.05, 4.69) is 20.3 Å². The standard InChI is InChI=1S/C22H21N5O2/c28-21(25-17-9-3-5-11-19(17)26-12-6-1-7-13-26)20-15-23-22(29-20)27-18-10-4-2-8-16(18)14-24-27/h2-5,8-11,14-15H,1,6-7,12-13H2,(H,25,28). The van der Waals surface area contributed by atoms with E-state index in [1.54, 1.807) is 10.9 Å². The lowest BCUT2D eigenvalue weighted by Gasteiger charge is -2.30. The first kappa shape index (κ1) is 17.5. The van der Waals surface area contributed by atoms with Crippen molar-refractivity contribution in [3.05, 3.63) is 66.7 Å². The van der Waals surface area contributed by atoms with Crippen molar-refractivity contribution < 1.29 is 9.21 Å². The van der Waals surface area contributed by atoms with Gasteiger partial charge in [0.15, 0.2) is 0 Å². The monoisotopic (exact) mass is 387 g/mol. The quantitative estimate of drug-likeness (QED) is 0.566. The Morgan fingerprint density at radius 3 is 2.66 bits per heavy atom. The molecule has 1 N–H and O–H groups in total. The highest BCUT2D eigenvalue weighted by atomic mass is 16.4. The summed E-state index contributed by atoms with van der Waals surface area (Å²) in [7, 11) is 0. The summed E-state index contributed by atoms with van der Waals surface area (Å²) in [6.07, 6.45) is 6.78. The number of benzene rings is 2. The van der Waals surface area contributed by atoms with Gasteiger partial charge in [-0.3, -0.25) is 4.79 Å². The van der Waals surface area contributed by atoms with Crippen molar-refractivity contribution in [2.45, 2.75) is 19.3 Å². The van der Waals surface area contributed by atoms with E-state index in [0.717, 1.165) is 35.4 Å². The average Bonchev–Trinajstić information content (AvgIpc) is 3.42. The minimum absolute atomic E-state index is 0.146. The minimum Gasteiger partial charge on any atom is -0.417 e. The van der Waals surface area contributed by atoms with Crippen LogP contribution in [0.2, 0.25) is 0 Å². The van der Waals surface area contributed by atoms with Gasteiger partial charge in [-0.2, -0.15) is 14.8 Å². The van der Waals surface area contributed by atoms with Gasteiger partial charge in [-0.05, 0) is 37.5 Å². The SMILES string of the molecule is O=C(Nc1ccccc1N1CCCCC1)c1cnc(-n2ncc3ccccc32)o1. The molecular formula is C22H21N5O2. The second kappa shape index (κ2) is 7.43. The fraction of sp³-hybridized carbons (Fsp3) is 0.227. The number of carbonyl (C=O) groups excluding carboxylic acids is 1. The molecule has 2 aromatic carbocycles. The molecule has 146 valence electrons. The summed E-state index contributed by atoms with van der Waals surface area (Å²) in [5, 5.41) is 8.27. The van der Waals surface area contributed by atoms with Crippen LogP contribution in [0.15, 0.2) is 65.3 Å². The van der Waals surface area contributed by atoms with Gasteiger partial charge in [0.25, 0.3) is 5.91 Å². The van der Waals surface area contributed by atoms with Crippen molar-refractivity contribution in [1.29, 1.82) is 0 Å². The maximum absolute atomic E-state index is 12.8. The maximum atomic E-state index is 12.8. The number of piperidine rings is 1. The summed E-state index contributed by atoms with van der Waals surface area (Å²) in [5.74, 6) is -0.183. The van der Waals surface area contributed by atoms with E-state index >= 15 is 0 Å². The molecule has 1 aliphatic rings. The molecule has 1 aliphatic heterocycles. The van der Waals surface area contributed by atoms with Crippen molar-refractivity contribution in [3.8, 4) is 6.01 Å². The zero-order chi connectivity index (χ0) is 19.6. The van der Waals surface area contributed by atoms with E-state index < -0.39 is 0 Å². The average molecular weight is 387 g/mol. The van der Waals surface area contributed by atoms with Gasteiger partial charge in [0.05, 0.1) is 29.3 Å². The predicted molar refractivity (Wildman–Crippen MR) is 112 cm³/mol. The number of amides is 1. The molecule has 0 unspecified atom stereocenters. The highest BCUT2D eigenvalue weighted by Gasteiger charge is 2.19. The Morgan fingerprint density at radius 1 is 0.966 bits per heavy atom. The van der Waals surface area contributed by atoms with E-state index in [1.807, 2.05) is 48.5 Å². The van der Waals surface area contributed by atoms with Gasteiger partial charge in [-0.1, -0.05) is 30.3 Å². The molecule has 3 heterocycles. The number of para-hydroxylation sites is 3. The molecule has 29 heavy (non-hydrogen) atoms. The Balaban J connectivity index is 1.39. The van der Waals surface area contributed by atoms with Gasteiger partial charge in [-0.25, -0.2) is 0 Å². The van der Waals surface area contributed by atoms with E-state index in [1.165, 1.54) is 25.5 Å². The Kier molecular flexibility index (Phi) is 4.48. The summed E-state index contributed by atoms with van der Waals surface area (Å²) in [6.45, 7) is 2.01. The van der Waals surface area contributed by atoms with Crippen LogP contribution >= 0.6 is 0 Å². The van der Waals surface area contributed by atoms with E-state index in [4.69, 9.17) is 4.42 Å². The van der Waals surface area contributed by atoms with Crippen molar-refractivity contribution in [1.82, 2.24) is 14.8 Å². The molecule has 2 aromatic heterocycles. The lowest BCUT2D eigenvalue weighted by molar-refractivity contribution is 0.0996. The molecule has 0 atom stereocenters. The minimum atomic E-state index is -0.329. The van der Waals surface area contributed by atoms with Crippen LogP contribution in [0.1, 0.15) is 29.8 Å². The van der Waals surface area contributed by atoms with Gasteiger partial charge in [-0.15, -0.1) is 0 Å². The molecule has 4 aromatic rings. The Hall–Kier alpha value is -3.61. The van der Waals surface area contributed by atoms with Crippen LogP contribution in [0.4, 0.5) is 11.4 Å². The summed E-state index contributed by atoms with van der Waals surface area (Å²) in [5.41, 5.74) is 2.69. The number of hydrogen-bond donors (Lipinski definition) is 1. The fourth-order valence-electron chi connectivity index (χ4n) is 3.77. The first-order valence-electron chi connectivity index (χ1n) is 9.84. The van der Waals surface area contributed by atoms with Crippen LogP contribution in [-0.4, -0.2) is 33.8 Å². The topological polar surface area (TPSA) is 76.2 Å². The third-order valence-corrected chi connectivity index (χ3v) is 5.22. The molecule has 1 fully saturated rings. The van der Waals surface area contributed by atoms with Gasteiger partial charge in [0.2, 0.25) is 5.76 Å². The summed E-state index contributed by atoms with van der Waals surface area (Å²) < 4.78 is 7.31. The Labute approximate surface area is 168 Å². The summed E-state index contributed by atoms with van der Waals surface area (Å²) in [6, 6.07) is 15.9. The van der Waals surface area contributed by atoms with Crippen LogP contribution in [0.5, 0.6) is 0 Å². The number of fused-ring (bicyclic) bond motifs is 1. The second-order valence-electron chi connectivity index (χ2n) is 7.14. The molecule has 0 radical (unpaired) electrons. The first-order valence-corrected chi connectivity index (χ1v) is 9.84. The number of oxazole rings is 1. The molecule has 1 amide bonds. The number of rotatable bonds is 4. The van der Waals surface area contributed by atoms with Crippen molar-refractivity contribution >= 4 is 28.2 Å². The zero-order valence-corrected chi connectivity index (χ0v) is 15.9. The molecule has 7 heteroatoms. The van der Waals surface area contributed by atoms with Crippen LogP contribution in [0.3, 0.4) is 0 Å². The molecule has 0 aliphatic carbocycles. The lowest BCUT2D eigenvalue weighted by atomic mass is 10.1. The van der Waals surface area contributed by atoms with E-state index in [0.29, 0.717) is 0 Å². The Morgan fingerprint density at radius 2 is 1.76 bits per heavy atom. The largest absolute Gasteiger partial charge is 0.417 e. The molecule has 5 rings (SSSR count). The highest BCUT2D eigenvalue weighted by molar-refractivity contribution is 6.04. The van der Waals surface area contributed by atoms with E-state index in [9.17, 15) is 4.79 Å². The van der Waals surface area contributed by atoms with Crippen molar-refractivity contribution in [2.75, 3.05) is 23.3 Å². The second-order valence-corrected chi connectivity index (χ2v) is 7.14. The number of hydrogen-bond acceptors (Lipinski definition) is 5. The number of nitrogens with one attached hydrogen (secondary N) is 1. The van der Waals surface area contributed by atoms with Crippen LogP contribution in [0.25, 0.3) is 16.9 Å². The van der Waals surface area contributed by atoms with Gasteiger partial charge in [0.1, 0.15) is 0 Å². The van der Waals surface area contributed by atoms with Crippen LogP contribution < -0.4 is 10.2 Å². The normalized spacial score (nSPS) is 14.3. The lowest BCUT2D eigenvalue weighted by Crippen LogP contribution is -2.30. The van der Waals surface area contributed by atoms with Crippen molar-refractivity contribution in [2.24, 2.45) is 0 Å². The number of carbonyl (C=O) groups is 1. The molecule has 0 bridgehead atoms. The maximum Gasteiger partial charge on any atom is 0.324 e. The highest BCUT2D eigenvalue weighted by Crippen LogP contribution is 2.29. The third-order valence-electron chi connectivity index (χ3n) is 5.22. The van der Waals surface area contributed by atoms with E-state index in [-0.39, 0.29) is 17.7 Å². The number of nitrogens with zero attached hydrogens (tertiary/aromatic N) is 4. The Bertz CT molecular complexity index is 1160. The van der Waals surface area contributed by atoms with Crippen LogP contribution in [0, 0.1) is 0 Å². The fourth-order valence-corrected chi connectivity index (χ4v) is 3.77. The number of anilines is 2. The summed E-state index contributed by atoms with van der Waals surface area (Å²) in [4.78, 5) is 19.4. The zero-order valence-electron chi connectivity index (χ0n) is 15.9. The number of aromatic nitrogens is 3. The molecule has 0 spiro atoms. The molecule has 7 nitrogen and oxygen atoms in total. The predicted octanol–water partition coefficient (Wildman–Crippen LogP) is 4.26. The molecule has 0 saturated carbocycles. The van der Waals surface area contributed by atoms with Gasteiger partial charge in [0, 0.05) is 18.5 Å². The van der Waals surface area contributed by atoms with Crippen LogP contribution in [-0.2, 0) is 0 Å². The first-order chi connectivity index (χ1) is 14.3. The third kappa shape index (κ3) is 3.35. The van der Waals surface area contributed by atoms with Gasteiger partial charge >= 0.3 is 6.01 Å². The summed E-state index contributed by atoms with van der Waals surface area (Å²) >= 11 is 0.